The van der Waals surface area contributed by atoms with Crippen molar-refractivity contribution in [1.82, 2.24) is 19.7 Å². The summed E-state index contributed by atoms with van der Waals surface area (Å²) < 4.78 is 28.1. The predicted molar refractivity (Wildman–Crippen MR) is 95.1 cm³/mol. The molecule has 0 unspecified atom stereocenters. The maximum atomic E-state index is 13.2. The highest BCUT2D eigenvalue weighted by Crippen LogP contribution is 2.56. The van der Waals surface area contributed by atoms with Gasteiger partial charge < -0.3 is 5.11 Å². The van der Waals surface area contributed by atoms with Crippen molar-refractivity contribution in [2.45, 2.75) is 18.4 Å². The molecule has 1 aliphatic rings. The fourth-order valence-electron chi connectivity index (χ4n) is 3.19. The maximum absolute atomic E-state index is 13.2. The number of rotatable bonds is 3. The Morgan fingerprint density at radius 3 is 2.88 bits per heavy atom. The Morgan fingerprint density at radius 2 is 2.12 bits per heavy atom. The number of fused-ring (bicyclic) bond motifs is 2. The summed E-state index contributed by atoms with van der Waals surface area (Å²) in [6, 6.07) is 7.48. The van der Waals surface area contributed by atoms with Crippen LogP contribution in [0.3, 0.4) is 0 Å². The lowest BCUT2D eigenvalue weighted by molar-refractivity contribution is 0.0492. The fourth-order valence-corrected chi connectivity index (χ4v) is 4.27. The smallest absolute Gasteiger partial charge is 0.254 e. The lowest BCUT2D eigenvalue weighted by atomic mass is 10.1. The number of alkyl halides is 2. The minimum Gasteiger partial charge on any atom is -0.387 e. The van der Waals surface area contributed by atoms with Crippen LogP contribution in [0.4, 0.5) is 8.78 Å². The van der Waals surface area contributed by atoms with Gasteiger partial charge in [0.1, 0.15) is 4.83 Å². The van der Waals surface area contributed by atoms with Gasteiger partial charge in [-0.1, -0.05) is 0 Å². The Bertz CT molecular complexity index is 1150. The molecule has 0 aliphatic heterocycles. The van der Waals surface area contributed by atoms with Crippen LogP contribution in [0.25, 0.3) is 32.5 Å². The molecule has 4 aromatic rings. The van der Waals surface area contributed by atoms with Crippen LogP contribution in [-0.4, -0.2) is 30.8 Å². The third-order valence-electron chi connectivity index (χ3n) is 4.72. The summed E-state index contributed by atoms with van der Waals surface area (Å²) in [5.74, 6) is -3.73. The van der Waals surface area contributed by atoms with Crippen molar-refractivity contribution in [3.63, 3.8) is 0 Å². The van der Waals surface area contributed by atoms with Crippen molar-refractivity contribution >= 4 is 32.6 Å². The van der Waals surface area contributed by atoms with Gasteiger partial charge in [-0.15, -0.1) is 11.3 Å². The third kappa shape index (κ3) is 2.48. The van der Waals surface area contributed by atoms with E-state index >= 15 is 0 Å². The average Bonchev–Trinajstić information content (AvgIpc) is 2.97. The Labute approximate surface area is 150 Å². The summed E-state index contributed by atoms with van der Waals surface area (Å²) in [4.78, 5) is 10.2. The van der Waals surface area contributed by atoms with E-state index in [1.165, 1.54) is 11.3 Å². The molecule has 0 saturated heterocycles. The van der Waals surface area contributed by atoms with E-state index in [1.54, 1.807) is 16.9 Å². The maximum Gasteiger partial charge on any atom is 0.254 e. The van der Waals surface area contributed by atoms with Gasteiger partial charge >= 0.3 is 0 Å². The average molecular weight is 372 g/mol. The van der Waals surface area contributed by atoms with Crippen molar-refractivity contribution in [3.8, 4) is 11.3 Å². The van der Waals surface area contributed by atoms with Crippen LogP contribution >= 0.6 is 11.3 Å². The van der Waals surface area contributed by atoms with E-state index in [4.69, 9.17) is 0 Å². The molecule has 2 atom stereocenters. The highest BCUT2D eigenvalue weighted by atomic mass is 32.1. The van der Waals surface area contributed by atoms with Gasteiger partial charge in [0.2, 0.25) is 0 Å². The van der Waals surface area contributed by atoms with E-state index in [0.29, 0.717) is 15.4 Å². The van der Waals surface area contributed by atoms with Crippen LogP contribution < -0.4 is 0 Å². The van der Waals surface area contributed by atoms with Crippen LogP contribution in [0, 0.1) is 5.92 Å². The highest BCUT2D eigenvalue weighted by Gasteiger charge is 2.60. The molecule has 1 saturated carbocycles. The molecule has 0 bridgehead atoms. The first-order chi connectivity index (χ1) is 12.4. The van der Waals surface area contributed by atoms with E-state index in [2.05, 4.69) is 15.1 Å². The van der Waals surface area contributed by atoms with E-state index < -0.39 is 17.9 Å². The van der Waals surface area contributed by atoms with Crippen LogP contribution in [-0.2, 0) is 7.05 Å². The molecule has 0 spiro atoms. The summed E-state index contributed by atoms with van der Waals surface area (Å²) >= 11 is 1.26. The van der Waals surface area contributed by atoms with Crippen molar-refractivity contribution < 1.29 is 13.9 Å². The Balaban J connectivity index is 1.52. The molecular weight excluding hydrogens is 358 g/mol. The lowest BCUT2D eigenvalue weighted by Crippen LogP contribution is -2.04. The van der Waals surface area contributed by atoms with Crippen molar-refractivity contribution in [2.24, 2.45) is 13.0 Å². The fraction of sp³-hybridized carbons (Fsp3) is 0.278. The highest BCUT2D eigenvalue weighted by molar-refractivity contribution is 7.18. The Morgan fingerprint density at radius 1 is 1.31 bits per heavy atom. The number of aliphatic hydroxyl groups is 1. The number of aliphatic hydroxyl groups excluding tert-OH is 1. The first-order valence-corrected chi connectivity index (χ1v) is 8.98. The minimum absolute atomic E-state index is 0.252. The number of nitrogens with zero attached hydrogens (tertiary/aromatic N) is 4. The largest absolute Gasteiger partial charge is 0.387 e. The summed E-state index contributed by atoms with van der Waals surface area (Å²) in [5.41, 5.74) is 2.27. The van der Waals surface area contributed by atoms with Crippen molar-refractivity contribution in [1.29, 1.82) is 0 Å². The zero-order valence-electron chi connectivity index (χ0n) is 13.7. The summed E-state index contributed by atoms with van der Waals surface area (Å²) in [7, 11) is 1.84. The standard InChI is InChI=1S/C18H14F2N4OS/c1-24-8-11-4-10(7-21-16(11)23-24)13-3-2-9-5-14(26-17(9)22-13)15(25)12-6-18(12,19)20/h2-5,7-8,12,15,25H,6H2,1H3/t12-,15+/m1/s1. The van der Waals surface area contributed by atoms with E-state index in [0.717, 1.165) is 22.0 Å². The molecule has 1 N–H and O–H groups in total. The second-order valence-corrected chi connectivity index (χ2v) is 7.76. The first kappa shape index (κ1) is 15.8. The molecule has 5 nitrogen and oxygen atoms in total. The zero-order chi connectivity index (χ0) is 18.1. The van der Waals surface area contributed by atoms with Crippen LogP contribution in [0.1, 0.15) is 17.4 Å². The van der Waals surface area contributed by atoms with Gasteiger partial charge in [0, 0.05) is 47.1 Å². The minimum atomic E-state index is -2.75. The first-order valence-electron chi connectivity index (χ1n) is 8.17. The molecule has 4 aromatic heterocycles. The van der Waals surface area contributed by atoms with E-state index in [1.807, 2.05) is 31.4 Å². The monoisotopic (exact) mass is 372 g/mol. The third-order valence-corrected chi connectivity index (χ3v) is 5.83. The molecule has 0 radical (unpaired) electrons. The van der Waals surface area contributed by atoms with Gasteiger partial charge in [-0.25, -0.2) is 18.7 Å². The molecule has 1 aliphatic carbocycles. The molecular formula is C18H14F2N4OS. The van der Waals surface area contributed by atoms with Crippen LogP contribution in [0.5, 0.6) is 0 Å². The molecule has 5 rings (SSSR count). The van der Waals surface area contributed by atoms with E-state index in [9.17, 15) is 13.9 Å². The Kier molecular flexibility index (Phi) is 3.20. The van der Waals surface area contributed by atoms with Gasteiger partial charge in [0.15, 0.2) is 5.65 Å². The van der Waals surface area contributed by atoms with Gasteiger partial charge in [-0.3, -0.25) is 4.68 Å². The van der Waals surface area contributed by atoms with Crippen LogP contribution in [0.2, 0.25) is 0 Å². The number of aryl methyl sites for hydroxylation is 1. The van der Waals surface area contributed by atoms with Crippen molar-refractivity contribution in [2.75, 3.05) is 0 Å². The summed E-state index contributed by atoms with van der Waals surface area (Å²) in [6.07, 6.45) is 2.22. The van der Waals surface area contributed by atoms with E-state index in [-0.39, 0.29) is 6.42 Å². The number of pyridine rings is 2. The second kappa shape index (κ2) is 5.28. The zero-order valence-corrected chi connectivity index (χ0v) is 14.5. The number of hydrogen-bond donors (Lipinski definition) is 1. The summed E-state index contributed by atoms with van der Waals surface area (Å²) in [5, 5.41) is 16.2. The number of thiophene rings is 1. The van der Waals surface area contributed by atoms with Gasteiger partial charge in [0.25, 0.3) is 5.92 Å². The summed E-state index contributed by atoms with van der Waals surface area (Å²) in [6.45, 7) is 0. The SMILES string of the molecule is Cn1cc2cc(-c3ccc4cc([C@@H](O)[C@H]5CC5(F)F)sc4n3)cnc2n1. The van der Waals surface area contributed by atoms with Crippen LogP contribution in [0.15, 0.2) is 36.7 Å². The molecule has 132 valence electrons. The quantitative estimate of drug-likeness (QED) is 0.592. The van der Waals surface area contributed by atoms with Gasteiger partial charge in [0.05, 0.1) is 17.7 Å². The lowest BCUT2D eigenvalue weighted by Gasteiger charge is -2.05. The molecule has 26 heavy (non-hydrogen) atoms. The molecule has 0 aromatic carbocycles. The molecule has 0 amide bonds. The van der Waals surface area contributed by atoms with Gasteiger partial charge in [-0.2, -0.15) is 5.10 Å². The molecule has 4 heterocycles. The number of halogens is 2. The topological polar surface area (TPSA) is 63.8 Å². The number of hydrogen-bond acceptors (Lipinski definition) is 5. The molecule has 1 fully saturated rings. The molecule has 8 heteroatoms. The normalized spacial score (nSPS) is 19.9. The second-order valence-electron chi connectivity index (χ2n) is 6.70. The van der Waals surface area contributed by atoms with Gasteiger partial charge in [-0.05, 0) is 24.3 Å². The Hall–Kier alpha value is -2.45. The predicted octanol–water partition coefficient (Wildman–Crippen LogP) is 3.93. The number of aromatic nitrogens is 4. The van der Waals surface area contributed by atoms with Crippen molar-refractivity contribution in [3.05, 3.63) is 41.5 Å².